The van der Waals surface area contributed by atoms with Crippen LogP contribution in [0.3, 0.4) is 0 Å². The summed E-state index contributed by atoms with van der Waals surface area (Å²) in [6.07, 6.45) is 1.58. The molecule has 1 aliphatic heterocycles. The summed E-state index contributed by atoms with van der Waals surface area (Å²) in [6, 6.07) is 20.8. The molecule has 0 bridgehead atoms. The van der Waals surface area contributed by atoms with Crippen LogP contribution in [0.15, 0.2) is 87.2 Å². The summed E-state index contributed by atoms with van der Waals surface area (Å²) in [6.45, 7) is 2.02. The van der Waals surface area contributed by atoms with Gasteiger partial charge < -0.3 is 9.47 Å². The maximum atomic E-state index is 12.5. The van der Waals surface area contributed by atoms with E-state index in [9.17, 15) is 13.2 Å². The quantitative estimate of drug-likeness (QED) is 0.293. The van der Waals surface area contributed by atoms with E-state index in [1.54, 1.807) is 55.8 Å². The summed E-state index contributed by atoms with van der Waals surface area (Å²) in [7, 11) is -2.25. The molecule has 0 spiro atoms. The van der Waals surface area contributed by atoms with E-state index in [2.05, 4.69) is 9.50 Å². The lowest BCUT2D eigenvalue weighted by Gasteiger charge is -2.19. The van der Waals surface area contributed by atoms with Gasteiger partial charge in [0.05, 0.1) is 25.4 Å². The number of carbonyl (C=O) groups excluding carboxylic acids is 1. The number of hydrogen-bond donors (Lipinski definition) is 0. The van der Waals surface area contributed by atoms with Gasteiger partial charge in [-0.2, -0.15) is 13.5 Å². The number of rotatable bonds is 7. The number of nitrogens with zero attached hydrogens (tertiary/aromatic N) is 3. The number of aryl methyl sites for hydroxylation is 1. The van der Waals surface area contributed by atoms with Gasteiger partial charge >= 0.3 is 5.97 Å². The molecule has 0 amide bonds. The Morgan fingerprint density at radius 1 is 1.03 bits per heavy atom. The van der Waals surface area contributed by atoms with Crippen molar-refractivity contribution in [1.29, 1.82) is 0 Å². The van der Waals surface area contributed by atoms with E-state index < -0.39 is 16.0 Å². The lowest BCUT2D eigenvalue weighted by molar-refractivity contribution is 0.0487. The molecule has 1 heterocycles. The predicted molar refractivity (Wildman–Crippen MR) is 129 cm³/mol. The Hall–Kier alpha value is -3.98. The number of methoxy groups -OCH3 is 1. The van der Waals surface area contributed by atoms with E-state index >= 15 is 0 Å². The van der Waals surface area contributed by atoms with Gasteiger partial charge in [0.1, 0.15) is 17.3 Å². The fraction of sp³-hybridized carbons (Fsp3) is 0.160. The molecule has 4 rings (SSSR count). The molecule has 174 valence electrons. The van der Waals surface area contributed by atoms with Crippen molar-refractivity contribution in [3.8, 4) is 5.75 Å². The molecule has 8 nitrogen and oxygen atoms in total. The molecule has 9 heteroatoms. The molecule has 3 aromatic carbocycles. The third-order valence-electron chi connectivity index (χ3n) is 5.14. The van der Waals surface area contributed by atoms with Crippen LogP contribution in [0.1, 0.15) is 27.0 Å². The molecule has 0 radical (unpaired) electrons. The zero-order valence-corrected chi connectivity index (χ0v) is 19.5. The summed E-state index contributed by atoms with van der Waals surface area (Å²) in [5.74, 6) is 0.407. The Morgan fingerprint density at radius 3 is 2.44 bits per heavy atom. The maximum Gasteiger partial charge on any atom is 0.338 e. The standard InChI is InChI=1S/C25H23N3O5S/c1-18-7-11-20(12-8-18)25(29)33-16-15-28(26-17-19-9-13-21(32-2)14-10-19)24-22-5-3-4-6-23(22)34(30,31)27-24/h3-14,17H,15-16H2,1-2H3/b26-17-. The third kappa shape index (κ3) is 5.15. The molecular weight excluding hydrogens is 454 g/mol. The normalized spacial score (nSPS) is 13.9. The summed E-state index contributed by atoms with van der Waals surface area (Å²) in [5.41, 5.74) is 2.69. The van der Waals surface area contributed by atoms with Crippen molar-refractivity contribution < 1.29 is 22.7 Å². The van der Waals surface area contributed by atoms with Crippen LogP contribution in [-0.2, 0) is 14.8 Å². The lowest BCUT2D eigenvalue weighted by Crippen LogP contribution is -2.30. The number of hydrazone groups is 1. The van der Waals surface area contributed by atoms with Gasteiger partial charge in [0.15, 0.2) is 5.84 Å². The van der Waals surface area contributed by atoms with Crippen LogP contribution in [0, 0.1) is 6.92 Å². The second kappa shape index (κ2) is 9.88. The van der Waals surface area contributed by atoms with Crippen molar-refractivity contribution in [3.63, 3.8) is 0 Å². The highest BCUT2D eigenvalue weighted by molar-refractivity contribution is 7.90. The van der Waals surface area contributed by atoms with Gasteiger partial charge in [-0.05, 0) is 61.0 Å². The maximum absolute atomic E-state index is 12.5. The van der Waals surface area contributed by atoms with E-state index in [4.69, 9.17) is 9.47 Å². The first-order chi connectivity index (χ1) is 16.4. The minimum atomic E-state index is -3.83. The predicted octanol–water partition coefficient (Wildman–Crippen LogP) is 3.65. The fourth-order valence-corrected chi connectivity index (χ4v) is 4.52. The number of sulfonamides is 1. The van der Waals surface area contributed by atoms with Gasteiger partial charge in [-0.25, -0.2) is 9.80 Å². The largest absolute Gasteiger partial charge is 0.497 e. The van der Waals surface area contributed by atoms with Gasteiger partial charge in [0, 0.05) is 5.56 Å². The van der Waals surface area contributed by atoms with Gasteiger partial charge in [-0.1, -0.05) is 29.8 Å². The second-order valence-corrected chi connectivity index (χ2v) is 9.10. The molecule has 1 aliphatic rings. The van der Waals surface area contributed by atoms with Crippen LogP contribution in [0.2, 0.25) is 0 Å². The molecule has 0 atom stereocenters. The zero-order valence-electron chi connectivity index (χ0n) is 18.7. The minimum absolute atomic E-state index is 0.0199. The molecule has 0 fully saturated rings. The van der Waals surface area contributed by atoms with E-state index in [0.717, 1.165) is 11.1 Å². The molecule has 0 aliphatic carbocycles. The van der Waals surface area contributed by atoms with Crippen LogP contribution >= 0.6 is 0 Å². The minimum Gasteiger partial charge on any atom is -0.497 e. The highest BCUT2D eigenvalue weighted by atomic mass is 32.2. The van der Waals surface area contributed by atoms with Gasteiger partial charge in [-0.15, -0.1) is 4.40 Å². The zero-order chi connectivity index (χ0) is 24.1. The van der Waals surface area contributed by atoms with E-state index in [1.165, 1.54) is 11.1 Å². The number of benzene rings is 3. The van der Waals surface area contributed by atoms with Crippen LogP contribution < -0.4 is 4.74 Å². The van der Waals surface area contributed by atoms with Crippen LogP contribution in [-0.4, -0.2) is 51.7 Å². The van der Waals surface area contributed by atoms with Crippen molar-refractivity contribution in [2.45, 2.75) is 11.8 Å². The van der Waals surface area contributed by atoms with Crippen LogP contribution in [0.5, 0.6) is 5.75 Å². The van der Waals surface area contributed by atoms with Crippen molar-refractivity contribution >= 4 is 28.0 Å². The average Bonchev–Trinajstić information content (AvgIpc) is 3.12. The van der Waals surface area contributed by atoms with Crippen LogP contribution in [0.4, 0.5) is 0 Å². The van der Waals surface area contributed by atoms with Crippen molar-refractivity contribution in [2.24, 2.45) is 9.50 Å². The molecular formula is C25H23N3O5S. The van der Waals surface area contributed by atoms with Crippen molar-refractivity contribution in [1.82, 2.24) is 5.01 Å². The molecule has 34 heavy (non-hydrogen) atoms. The molecule has 0 unspecified atom stereocenters. The first-order valence-corrected chi connectivity index (χ1v) is 11.9. The van der Waals surface area contributed by atoms with E-state index in [0.29, 0.717) is 16.9 Å². The van der Waals surface area contributed by atoms with Gasteiger partial charge in [0.25, 0.3) is 10.0 Å². The number of hydrogen-bond acceptors (Lipinski definition) is 7. The van der Waals surface area contributed by atoms with E-state index in [1.807, 2.05) is 31.2 Å². The Bertz CT molecular complexity index is 1350. The number of amidine groups is 1. The van der Waals surface area contributed by atoms with E-state index in [-0.39, 0.29) is 23.9 Å². The third-order valence-corrected chi connectivity index (χ3v) is 6.47. The first-order valence-electron chi connectivity index (χ1n) is 10.5. The first kappa shape index (κ1) is 23.2. The second-order valence-electron chi connectivity index (χ2n) is 7.53. The highest BCUT2D eigenvalue weighted by Crippen LogP contribution is 2.27. The Kier molecular flexibility index (Phi) is 6.74. The van der Waals surface area contributed by atoms with Gasteiger partial charge in [-0.3, -0.25) is 0 Å². The van der Waals surface area contributed by atoms with Crippen molar-refractivity contribution in [3.05, 3.63) is 95.1 Å². The SMILES string of the molecule is COc1ccc(/C=N\N(CCOC(=O)c2ccc(C)cc2)C2=NS(=O)(=O)c3ccccc32)cc1. The Morgan fingerprint density at radius 2 is 1.74 bits per heavy atom. The monoisotopic (exact) mass is 477 g/mol. The number of fused-ring (bicyclic) bond motifs is 1. The average molecular weight is 478 g/mol. The summed E-state index contributed by atoms with van der Waals surface area (Å²) >= 11 is 0. The topological polar surface area (TPSA) is 97.6 Å². The molecule has 0 N–H and O–H groups in total. The van der Waals surface area contributed by atoms with Gasteiger partial charge in [0.2, 0.25) is 0 Å². The Labute approximate surface area is 198 Å². The summed E-state index contributed by atoms with van der Waals surface area (Å²) < 4.78 is 39.6. The number of ether oxygens (including phenoxy) is 2. The molecule has 0 saturated carbocycles. The molecule has 0 saturated heterocycles. The Balaban J connectivity index is 1.56. The lowest BCUT2D eigenvalue weighted by atomic mass is 10.1. The molecule has 0 aromatic heterocycles. The molecule has 3 aromatic rings. The van der Waals surface area contributed by atoms with Crippen LogP contribution in [0.25, 0.3) is 0 Å². The number of esters is 1. The smallest absolute Gasteiger partial charge is 0.338 e. The summed E-state index contributed by atoms with van der Waals surface area (Å²) in [4.78, 5) is 12.5. The number of carbonyl (C=O) groups is 1. The fourth-order valence-electron chi connectivity index (χ4n) is 3.32. The summed E-state index contributed by atoms with van der Waals surface area (Å²) in [5, 5.41) is 5.88. The highest BCUT2D eigenvalue weighted by Gasteiger charge is 2.31. The van der Waals surface area contributed by atoms with Crippen molar-refractivity contribution in [2.75, 3.05) is 20.3 Å².